The van der Waals surface area contributed by atoms with E-state index in [0.29, 0.717) is 12.5 Å². The third kappa shape index (κ3) is 4.23. The summed E-state index contributed by atoms with van der Waals surface area (Å²) in [6.45, 7) is 3.03. The summed E-state index contributed by atoms with van der Waals surface area (Å²) in [5, 5.41) is 7.43. The summed E-state index contributed by atoms with van der Waals surface area (Å²) in [5.74, 6) is 3.33. The van der Waals surface area contributed by atoms with Gasteiger partial charge in [-0.05, 0) is 51.0 Å². The van der Waals surface area contributed by atoms with Gasteiger partial charge in [0.05, 0.1) is 6.54 Å². The number of carbonyl (C=O) groups is 1. The molecule has 1 atom stereocenters. The van der Waals surface area contributed by atoms with Crippen LogP contribution in [0.4, 0.5) is 0 Å². The molecule has 3 fully saturated rings. The maximum atomic E-state index is 12.3. The molecule has 6 nitrogen and oxygen atoms in total. The van der Waals surface area contributed by atoms with Crippen LogP contribution in [-0.4, -0.2) is 47.1 Å². The van der Waals surface area contributed by atoms with Gasteiger partial charge in [-0.3, -0.25) is 4.79 Å². The predicted octanol–water partition coefficient (Wildman–Crippen LogP) is 2.07. The van der Waals surface area contributed by atoms with Crippen molar-refractivity contribution in [2.45, 2.75) is 50.4 Å². The van der Waals surface area contributed by atoms with Crippen molar-refractivity contribution in [2.75, 3.05) is 26.2 Å². The monoisotopic (exact) mass is 340 g/mol. The third-order valence-electron chi connectivity index (χ3n) is 4.93. The molecule has 2 saturated carbocycles. The number of likely N-dealkylation sites (tertiary alicyclic amines) is 1. The fraction of sp³-hybridized carbons (Fsp3) is 0.812. The van der Waals surface area contributed by atoms with Gasteiger partial charge >= 0.3 is 0 Å². The SMILES string of the molecule is Cl.O=C(CNCC1CC1)N1CCCC(c2noc(C3CC3)n2)C1. The van der Waals surface area contributed by atoms with Crippen LogP contribution in [-0.2, 0) is 4.79 Å². The van der Waals surface area contributed by atoms with E-state index in [1.807, 2.05) is 4.90 Å². The molecule has 1 unspecified atom stereocenters. The van der Waals surface area contributed by atoms with Crippen molar-refractivity contribution in [3.63, 3.8) is 0 Å². The van der Waals surface area contributed by atoms with Crippen molar-refractivity contribution < 1.29 is 9.32 Å². The molecule has 1 aromatic heterocycles. The van der Waals surface area contributed by atoms with Gasteiger partial charge in [-0.25, -0.2) is 0 Å². The average Bonchev–Trinajstić information content (AvgIpc) is 3.48. The van der Waals surface area contributed by atoms with E-state index >= 15 is 0 Å². The largest absolute Gasteiger partial charge is 0.341 e. The molecule has 0 spiro atoms. The van der Waals surface area contributed by atoms with Crippen molar-refractivity contribution >= 4 is 18.3 Å². The molecular formula is C16H25ClN4O2. The lowest BCUT2D eigenvalue weighted by atomic mass is 9.97. The standard InChI is InChI=1S/C16H24N4O2.ClH/c21-14(9-17-8-11-3-4-11)20-7-1-2-13(10-20)15-18-16(22-19-15)12-5-6-12;/h11-13,17H,1-10H2;1H. The van der Waals surface area contributed by atoms with Crippen LogP contribution in [0.2, 0.25) is 0 Å². The molecule has 1 saturated heterocycles. The van der Waals surface area contributed by atoms with Crippen LogP contribution in [0.3, 0.4) is 0 Å². The van der Waals surface area contributed by atoms with E-state index in [9.17, 15) is 4.79 Å². The van der Waals surface area contributed by atoms with Gasteiger partial charge < -0.3 is 14.7 Å². The lowest BCUT2D eigenvalue weighted by Crippen LogP contribution is -2.43. The number of hydrogen-bond donors (Lipinski definition) is 1. The quantitative estimate of drug-likeness (QED) is 0.858. The summed E-state index contributed by atoms with van der Waals surface area (Å²) in [5.41, 5.74) is 0. The smallest absolute Gasteiger partial charge is 0.236 e. The highest BCUT2D eigenvalue weighted by Gasteiger charge is 2.32. The topological polar surface area (TPSA) is 71.3 Å². The van der Waals surface area contributed by atoms with Gasteiger partial charge in [0.25, 0.3) is 0 Å². The van der Waals surface area contributed by atoms with Gasteiger partial charge in [-0.15, -0.1) is 12.4 Å². The van der Waals surface area contributed by atoms with Crippen molar-refractivity contribution in [1.82, 2.24) is 20.4 Å². The van der Waals surface area contributed by atoms with Crippen molar-refractivity contribution in [2.24, 2.45) is 5.92 Å². The summed E-state index contributed by atoms with van der Waals surface area (Å²) in [6.07, 6.45) is 7.03. The number of aromatic nitrogens is 2. The van der Waals surface area contributed by atoms with E-state index in [4.69, 9.17) is 4.52 Å². The first kappa shape index (κ1) is 16.7. The molecule has 3 aliphatic rings. The molecule has 1 aromatic rings. The molecule has 2 heterocycles. The Morgan fingerprint density at radius 3 is 2.78 bits per heavy atom. The zero-order chi connectivity index (χ0) is 14.9. The van der Waals surface area contributed by atoms with Gasteiger partial charge in [-0.1, -0.05) is 5.16 Å². The minimum Gasteiger partial charge on any atom is -0.341 e. The molecule has 1 amide bonds. The molecule has 0 aromatic carbocycles. The number of halogens is 1. The minimum atomic E-state index is 0. The van der Waals surface area contributed by atoms with Crippen LogP contribution in [0.25, 0.3) is 0 Å². The van der Waals surface area contributed by atoms with E-state index in [1.54, 1.807) is 0 Å². The summed E-state index contributed by atoms with van der Waals surface area (Å²) in [7, 11) is 0. The Hall–Kier alpha value is -1.14. The van der Waals surface area contributed by atoms with E-state index < -0.39 is 0 Å². The second-order valence-electron chi connectivity index (χ2n) is 7.02. The van der Waals surface area contributed by atoms with Gasteiger partial charge in [0.15, 0.2) is 5.82 Å². The summed E-state index contributed by atoms with van der Waals surface area (Å²) in [6, 6.07) is 0. The second kappa shape index (κ2) is 7.18. The molecular weight excluding hydrogens is 316 g/mol. The van der Waals surface area contributed by atoms with E-state index in [0.717, 1.165) is 50.1 Å². The molecule has 2 aliphatic carbocycles. The number of hydrogen-bond acceptors (Lipinski definition) is 5. The molecule has 0 bridgehead atoms. The van der Waals surface area contributed by atoms with E-state index in [1.165, 1.54) is 25.7 Å². The first-order valence-electron chi connectivity index (χ1n) is 8.61. The van der Waals surface area contributed by atoms with E-state index in [2.05, 4.69) is 15.5 Å². The summed E-state index contributed by atoms with van der Waals surface area (Å²) >= 11 is 0. The predicted molar refractivity (Wildman–Crippen MR) is 87.7 cm³/mol. The summed E-state index contributed by atoms with van der Waals surface area (Å²) < 4.78 is 5.36. The fourth-order valence-electron chi connectivity index (χ4n) is 3.14. The number of piperidine rings is 1. The fourth-order valence-corrected chi connectivity index (χ4v) is 3.14. The Morgan fingerprint density at radius 1 is 1.22 bits per heavy atom. The highest BCUT2D eigenvalue weighted by atomic mass is 35.5. The third-order valence-corrected chi connectivity index (χ3v) is 4.93. The lowest BCUT2D eigenvalue weighted by Gasteiger charge is -2.31. The Bertz CT molecular complexity index is 542. The van der Waals surface area contributed by atoms with Crippen LogP contribution >= 0.6 is 12.4 Å². The van der Waals surface area contributed by atoms with Gasteiger partial charge in [-0.2, -0.15) is 4.98 Å². The van der Waals surface area contributed by atoms with Crippen LogP contribution < -0.4 is 5.32 Å². The Labute approximate surface area is 142 Å². The Balaban J connectivity index is 0.00000156. The molecule has 128 valence electrons. The highest BCUT2D eigenvalue weighted by molar-refractivity contribution is 5.85. The number of rotatable bonds is 6. The molecule has 4 rings (SSSR count). The maximum absolute atomic E-state index is 12.3. The zero-order valence-electron chi connectivity index (χ0n) is 13.4. The molecule has 0 radical (unpaired) electrons. The van der Waals surface area contributed by atoms with Gasteiger partial charge in [0, 0.05) is 24.9 Å². The first-order valence-corrected chi connectivity index (χ1v) is 8.61. The number of nitrogens with zero attached hydrogens (tertiary/aromatic N) is 3. The van der Waals surface area contributed by atoms with Crippen LogP contribution in [0.1, 0.15) is 62.1 Å². The lowest BCUT2D eigenvalue weighted by molar-refractivity contribution is -0.131. The van der Waals surface area contributed by atoms with Crippen molar-refractivity contribution in [3.05, 3.63) is 11.7 Å². The average molecular weight is 341 g/mol. The zero-order valence-corrected chi connectivity index (χ0v) is 14.2. The van der Waals surface area contributed by atoms with Crippen LogP contribution in [0.15, 0.2) is 4.52 Å². The Morgan fingerprint density at radius 2 is 2.04 bits per heavy atom. The van der Waals surface area contributed by atoms with Crippen molar-refractivity contribution in [1.29, 1.82) is 0 Å². The van der Waals surface area contributed by atoms with Crippen LogP contribution in [0, 0.1) is 5.92 Å². The van der Waals surface area contributed by atoms with Crippen LogP contribution in [0.5, 0.6) is 0 Å². The molecule has 7 heteroatoms. The summed E-state index contributed by atoms with van der Waals surface area (Å²) in [4.78, 5) is 18.8. The minimum absolute atomic E-state index is 0. The Kier molecular flexibility index (Phi) is 5.21. The van der Waals surface area contributed by atoms with Gasteiger partial charge in [0.1, 0.15) is 0 Å². The maximum Gasteiger partial charge on any atom is 0.236 e. The molecule has 1 N–H and O–H groups in total. The number of carbonyl (C=O) groups excluding carboxylic acids is 1. The van der Waals surface area contributed by atoms with E-state index in [-0.39, 0.29) is 24.2 Å². The van der Waals surface area contributed by atoms with Crippen molar-refractivity contribution in [3.8, 4) is 0 Å². The normalized spacial score (nSPS) is 24.3. The highest BCUT2D eigenvalue weighted by Crippen LogP contribution is 2.39. The first-order chi connectivity index (χ1) is 10.8. The molecule has 1 aliphatic heterocycles. The number of nitrogens with one attached hydrogen (secondary N) is 1. The second-order valence-corrected chi connectivity index (χ2v) is 7.02. The number of amides is 1. The van der Waals surface area contributed by atoms with Gasteiger partial charge in [0.2, 0.25) is 11.8 Å². The molecule has 23 heavy (non-hydrogen) atoms.